The molecule has 0 radical (unpaired) electrons. The second kappa shape index (κ2) is 9.30. The Morgan fingerprint density at radius 3 is 2.56 bits per heavy atom. The van der Waals surface area contributed by atoms with Gasteiger partial charge in [0.1, 0.15) is 11.3 Å². The zero-order valence-corrected chi connectivity index (χ0v) is 18.9. The zero-order chi connectivity index (χ0) is 22.9. The number of rotatable bonds is 4. The quantitative estimate of drug-likeness (QED) is 0.697. The minimum Gasteiger partial charge on any atom is -0.494 e. The van der Waals surface area contributed by atoms with Gasteiger partial charge in [-0.1, -0.05) is 11.3 Å². The first-order valence-corrected chi connectivity index (χ1v) is 11.5. The van der Waals surface area contributed by atoms with Gasteiger partial charge in [-0.15, -0.1) is 0 Å². The predicted octanol–water partition coefficient (Wildman–Crippen LogP) is 4.73. The second-order valence-electron chi connectivity index (χ2n) is 8.17. The maximum absolute atomic E-state index is 12.9. The molecule has 1 aromatic carbocycles. The van der Waals surface area contributed by atoms with Crippen molar-refractivity contribution >= 4 is 38.4 Å². The molecule has 1 aromatic heterocycles. The van der Waals surface area contributed by atoms with Gasteiger partial charge in [0.15, 0.2) is 5.13 Å². The average molecular weight is 473 g/mol. The van der Waals surface area contributed by atoms with Crippen LogP contribution in [0.4, 0.5) is 28.8 Å². The summed E-state index contributed by atoms with van der Waals surface area (Å²) in [6, 6.07) is 3.26. The highest BCUT2D eigenvalue weighted by Gasteiger charge is 2.42. The Morgan fingerprint density at radius 1 is 1.25 bits per heavy atom. The molecule has 32 heavy (non-hydrogen) atoms. The third-order valence-electron chi connectivity index (χ3n) is 6.30. The fraction of sp³-hybridized carbons (Fsp3) is 0.619. The summed E-state index contributed by atoms with van der Waals surface area (Å²) in [7, 11) is 3.20. The standard InChI is InChI=1S/C21H27F3N4O3S/c1-27(14-5-3-13(4-6-14)21(22,23)24)20(29)26-19-25-17-16(30-2)8-7-15(18(17)32-19)28-9-11-31-12-10-28/h7-8,13-14H,3-6,9-12H2,1-2H3,(H,25,26,29). The van der Waals surface area contributed by atoms with Gasteiger partial charge in [0.2, 0.25) is 0 Å². The smallest absolute Gasteiger partial charge is 0.391 e. The van der Waals surface area contributed by atoms with E-state index in [-0.39, 0.29) is 24.9 Å². The molecule has 2 amide bonds. The van der Waals surface area contributed by atoms with Gasteiger partial charge < -0.3 is 19.3 Å². The highest BCUT2D eigenvalue weighted by molar-refractivity contribution is 7.23. The van der Waals surface area contributed by atoms with Crippen LogP contribution in [-0.2, 0) is 4.74 Å². The highest BCUT2D eigenvalue weighted by Crippen LogP contribution is 2.41. The number of carbonyl (C=O) groups excluding carboxylic acids is 1. The maximum atomic E-state index is 12.9. The maximum Gasteiger partial charge on any atom is 0.391 e. The number of nitrogens with zero attached hydrogens (tertiary/aromatic N) is 3. The molecule has 2 aliphatic rings. The van der Waals surface area contributed by atoms with Crippen LogP contribution in [0.3, 0.4) is 0 Å². The molecule has 11 heteroatoms. The number of aromatic nitrogens is 1. The summed E-state index contributed by atoms with van der Waals surface area (Å²) in [5.74, 6) is -0.655. The summed E-state index contributed by atoms with van der Waals surface area (Å²) >= 11 is 1.36. The number of carbonyl (C=O) groups is 1. The summed E-state index contributed by atoms with van der Waals surface area (Å²) in [6.07, 6.45) is -3.39. The van der Waals surface area contributed by atoms with E-state index in [9.17, 15) is 18.0 Å². The fourth-order valence-electron chi connectivity index (χ4n) is 4.38. The van der Waals surface area contributed by atoms with E-state index in [1.165, 1.54) is 16.2 Å². The topological polar surface area (TPSA) is 66.9 Å². The van der Waals surface area contributed by atoms with Crippen molar-refractivity contribution in [1.29, 1.82) is 0 Å². The van der Waals surface area contributed by atoms with Crippen LogP contribution in [0.15, 0.2) is 12.1 Å². The first-order chi connectivity index (χ1) is 15.3. The number of alkyl halides is 3. The molecule has 0 atom stereocenters. The number of halogens is 3. The normalized spacial score (nSPS) is 22.1. The number of hydrogen-bond acceptors (Lipinski definition) is 6. The van der Waals surface area contributed by atoms with E-state index >= 15 is 0 Å². The number of urea groups is 1. The molecule has 1 aliphatic carbocycles. The molecule has 0 spiro atoms. The number of methoxy groups -OCH3 is 1. The summed E-state index contributed by atoms with van der Waals surface area (Å²) in [5, 5.41) is 3.26. The van der Waals surface area contributed by atoms with Crippen LogP contribution in [0.25, 0.3) is 10.2 Å². The molecular weight excluding hydrogens is 445 g/mol. The number of thiazole rings is 1. The average Bonchev–Trinajstić information content (AvgIpc) is 3.21. The summed E-state index contributed by atoms with van der Waals surface area (Å²) in [4.78, 5) is 21.1. The number of amides is 2. The number of anilines is 2. The number of ether oxygens (including phenoxy) is 2. The lowest BCUT2D eigenvalue weighted by molar-refractivity contribution is -0.183. The fourth-order valence-corrected chi connectivity index (χ4v) is 5.39. The van der Waals surface area contributed by atoms with E-state index in [0.717, 1.165) is 23.5 Å². The Morgan fingerprint density at radius 2 is 1.94 bits per heavy atom. The molecule has 2 heterocycles. The van der Waals surface area contributed by atoms with Gasteiger partial charge in [-0.3, -0.25) is 5.32 Å². The molecular formula is C21H27F3N4O3S. The van der Waals surface area contributed by atoms with Gasteiger partial charge in [0, 0.05) is 26.2 Å². The van der Waals surface area contributed by atoms with Crippen molar-refractivity contribution < 1.29 is 27.4 Å². The molecule has 1 saturated carbocycles. The van der Waals surface area contributed by atoms with Crippen LogP contribution in [0.2, 0.25) is 0 Å². The Bertz CT molecular complexity index is 954. The minimum atomic E-state index is -4.16. The van der Waals surface area contributed by atoms with E-state index in [0.29, 0.717) is 42.5 Å². The van der Waals surface area contributed by atoms with Crippen LogP contribution >= 0.6 is 11.3 Å². The molecule has 0 unspecified atom stereocenters. The van der Waals surface area contributed by atoms with Crippen molar-refractivity contribution in [2.45, 2.75) is 37.9 Å². The number of fused-ring (bicyclic) bond motifs is 1. The van der Waals surface area contributed by atoms with Crippen molar-refractivity contribution in [1.82, 2.24) is 9.88 Å². The Kier molecular flexibility index (Phi) is 6.66. The van der Waals surface area contributed by atoms with E-state index in [4.69, 9.17) is 9.47 Å². The monoisotopic (exact) mass is 472 g/mol. The van der Waals surface area contributed by atoms with Crippen molar-refractivity contribution in [2.24, 2.45) is 5.92 Å². The van der Waals surface area contributed by atoms with Crippen LogP contribution in [0.1, 0.15) is 25.7 Å². The van der Waals surface area contributed by atoms with Crippen molar-refractivity contribution in [3.8, 4) is 5.75 Å². The van der Waals surface area contributed by atoms with Gasteiger partial charge in [-0.05, 0) is 37.8 Å². The Labute approximate surface area is 188 Å². The first-order valence-electron chi connectivity index (χ1n) is 10.7. The van der Waals surface area contributed by atoms with Gasteiger partial charge in [0.25, 0.3) is 0 Å². The van der Waals surface area contributed by atoms with Gasteiger partial charge in [-0.25, -0.2) is 9.78 Å². The molecule has 2 aromatic rings. The largest absolute Gasteiger partial charge is 0.494 e. The molecule has 176 valence electrons. The van der Waals surface area contributed by atoms with Crippen molar-refractivity contribution in [2.75, 3.05) is 50.7 Å². The lowest BCUT2D eigenvalue weighted by Gasteiger charge is -2.35. The highest BCUT2D eigenvalue weighted by atomic mass is 32.1. The van der Waals surface area contributed by atoms with E-state index in [1.54, 1.807) is 14.2 Å². The van der Waals surface area contributed by atoms with E-state index in [1.807, 2.05) is 12.1 Å². The third-order valence-corrected chi connectivity index (χ3v) is 7.29. The summed E-state index contributed by atoms with van der Waals surface area (Å²) in [5.41, 5.74) is 1.69. The summed E-state index contributed by atoms with van der Waals surface area (Å²) < 4.78 is 50.6. The molecule has 4 rings (SSSR count). The number of benzene rings is 1. The third kappa shape index (κ3) is 4.73. The lowest BCUT2D eigenvalue weighted by Crippen LogP contribution is -2.43. The Hall–Kier alpha value is -2.27. The summed E-state index contributed by atoms with van der Waals surface area (Å²) in [6.45, 7) is 2.84. The number of hydrogen-bond donors (Lipinski definition) is 1. The van der Waals surface area contributed by atoms with Crippen LogP contribution in [0.5, 0.6) is 5.75 Å². The molecule has 0 bridgehead atoms. The minimum absolute atomic E-state index is 0.0486. The lowest BCUT2D eigenvalue weighted by atomic mass is 9.85. The van der Waals surface area contributed by atoms with Crippen molar-refractivity contribution in [3.05, 3.63) is 12.1 Å². The van der Waals surface area contributed by atoms with E-state index in [2.05, 4.69) is 15.2 Å². The van der Waals surface area contributed by atoms with E-state index < -0.39 is 12.1 Å². The second-order valence-corrected chi connectivity index (χ2v) is 9.17. The van der Waals surface area contributed by atoms with Crippen molar-refractivity contribution in [3.63, 3.8) is 0 Å². The zero-order valence-electron chi connectivity index (χ0n) is 18.1. The van der Waals surface area contributed by atoms with Crippen LogP contribution in [-0.4, -0.2) is 68.6 Å². The van der Waals surface area contributed by atoms with Gasteiger partial charge in [-0.2, -0.15) is 13.2 Å². The van der Waals surface area contributed by atoms with Crippen LogP contribution in [0, 0.1) is 5.92 Å². The SMILES string of the molecule is COc1ccc(N2CCOCC2)c2sc(NC(=O)N(C)C3CCC(C(F)(F)F)CC3)nc12. The van der Waals surface area contributed by atoms with Gasteiger partial charge in [0.05, 0.1) is 36.6 Å². The molecule has 7 nitrogen and oxygen atoms in total. The predicted molar refractivity (Wildman–Crippen MR) is 118 cm³/mol. The molecule has 1 saturated heterocycles. The van der Waals surface area contributed by atoms with Crippen LogP contribution < -0.4 is 15.0 Å². The molecule has 2 fully saturated rings. The molecule has 1 N–H and O–H groups in total. The first kappa shape index (κ1) is 22.9. The number of morpholine rings is 1. The number of nitrogens with one attached hydrogen (secondary N) is 1. The molecule has 1 aliphatic heterocycles. The van der Waals surface area contributed by atoms with Gasteiger partial charge >= 0.3 is 12.2 Å². The Balaban J connectivity index is 1.48.